The van der Waals surface area contributed by atoms with Gasteiger partial charge in [0.05, 0.1) is 10.3 Å². The molecule has 1 aliphatic rings. The number of carboxylic acids is 1. The van der Waals surface area contributed by atoms with E-state index in [9.17, 15) is 19.5 Å². The van der Waals surface area contributed by atoms with Gasteiger partial charge in [-0.05, 0) is 37.5 Å². The number of nitrogens with one attached hydrogen (secondary N) is 2. The maximum absolute atomic E-state index is 13.2. The molecule has 0 aliphatic heterocycles. The van der Waals surface area contributed by atoms with Gasteiger partial charge in [-0.1, -0.05) is 26.2 Å². The molecule has 1 unspecified atom stereocenters. The molecule has 164 valence electrons. The van der Waals surface area contributed by atoms with Crippen LogP contribution < -0.4 is 5.56 Å². The summed E-state index contributed by atoms with van der Waals surface area (Å²) in [6.45, 7) is 3.43. The lowest BCUT2D eigenvalue weighted by Gasteiger charge is -2.33. The van der Waals surface area contributed by atoms with Gasteiger partial charge in [-0.2, -0.15) is 0 Å². The average molecular weight is 443 g/mol. The summed E-state index contributed by atoms with van der Waals surface area (Å²) in [6.07, 6.45) is 6.64. The lowest BCUT2D eigenvalue weighted by Crippen LogP contribution is -2.44. The molecule has 1 amide bonds. The average Bonchev–Trinajstić information content (AvgIpc) is 3.39. The van der Waals surface area contributed by atoms with Crippen LogP contribution in [-0.2, 0) is 4.79 Å². The molecule has 8 nitrogen and oxygen atoms in total. The van der Waals surface area contributed by atoms with Gasteiger partial charge in [0.15, 0.2) is 0 Å². The van der Waals surface area contributed by atoms with Crippen LogP contribution in [0.1, 0.15) is 70.9 Å². The van der Waals surface area contributed by atoms with E-state index in [-0.39, 0.29) is 30.0 Å². The zero-order valence-electron chi connectivity index (χ0n) is 17.6. The van der Waals surface area contributed by atoms with Crippen LogP contribution in [0.4, 0.5) is 0 Å². The van der Waals surface area contributed by atoms with Crippen LogP contribution in [0.3, 0.4) is 0 Å². The molecular formula is C22H26N4O4S. The third-order valence-corrected chi connectivity index (χ3v) is 7.26. The first-order chi connectivity index (χ1) is 14.8. The molecule has 0 bridgehead atoms. The molecule has 0 radical (unpaired) electrons. The first-order valence-electron chi connectivity index (χ1n) is 10.6. The van der Waals surface area contributed by atoms with Crippen molar-refractivity contribution in [1.29, 1.82) is 0 Å². The SMILES string of the molecule is Cc1nc2[nH]cc(C(C)c3ccc(C(=O)N(CC(=O)O)C4CCCCC4)s3)c2c(=O)[nH]1. The summed E-state index contributed by atoms with van der Waals surface area (Å²) in [4.78, 5) is 50.2. The maximum Gasteiger partial charge on any atom is 0.323 e. The summed E-state index contributed by atoms with van der Waals surface area (Å²) in [5.74, 6) is -0.797. The predicted molar refractivity (Wildman–Crippen MR) is 119 cm³/mol. The Morgan fingerprint density at radius 3 is 2.74 bits per heavy atom. The van der Waals surface area contributed by atoms with Crippen molar-refractivity contribution in [3.05, 3.63) is 49.8 Å². The fraction of sp³-hybridized carbons (Fsp3) is 0.455. The van der Waals surface area contributed by atoms with Crippen molar-refractivity contribution in [3.63, 3.8) is 0 Å². The largest absolute Gasteiger partial charge is 0.480 e. The highest BCUT2D eigenvalue weighted by Gasteiger charge is 2.29. The van der Waals surface area contributed by atoms with Crippen molar-refractivity contribution >= 4 is 34.2 Å². The van der Waals surface area contributed by atoms with Gasteiger partial charge in [-0.25, -0.2) is 4.98 Å². The molecule has 3 aromatic rings. The zero-order valence-corrected chi connectivity index (χ0v) is 18.4. The Balaban J connectivity index is 1.61. The molecule has 1 atom stereocenters. The molecular weight excluding hydrogens is 416 g/mol. The molecule has 3 N–H and O–H groups in total. The Morgan fingerprint density at radius 1 is 1.29 bits per heavy atom. The van der Waals surface area contributed by atoms with E-state index < -0.39 is 5.97 Å². The highest BCUT2D eigenvalue weighted by atomic mass is 32.1. The maximum atomic E-state index is 13.2. The number of hydrogen-bond acceptors (Lipinski definition) is 5. The van der Waals surface area contributed by atoms with Crippen molar-refractivity contribution in [2.24, 2.45) is 0 Å². The topological polar surface area (TPSA) is 119 Å². The number of carbonyl (C=O) groups is 2. The van der Waals surface area contributed by atoms with Crippen molar-refractivity contribution in [1.82, 2.24) is 19.9 Å². The number of aliphatic carboxylic acids is 1. The van der Waals surface area contributed by atoms with E-state index in [2.05, 4.69) is 15.0 Å². The van der Waals surface area contributed by atoms with Crippen molar-refractivity contribution in [2.75, 3.05) is 6.54 Å². The second-order valence-electron chi connectivity index (χ2n) is 8.16. The number of carbonyl (C=O) groups excluding carboxylic acids is 1. The van der Waals surface area contributed by atoms with E-state index >= 15 is 0 Å². The van der Waals surface area contributed by atoms with Gasteiger partial charge in [-0.3, -0.25) is 14.4 Å². The summed E-state index contributed by atoms with van der Waals surface area (Å²) in [6, 6.07) is 3.62. The van der Waals surface area contributed by atoms with Gasteiger partial charge < -0.3 is 20.0 Å². The van der Waals surface area contributed by atoms with Crippen LogP contribution in [0, 0.1) is 6.92 Å². The highest BCUT2D eigenvalue weighted by Crippen LogP contribution is 2.34. The van der Waals surface area contributed by atoms with E-state index in [0.717, 1.165) is 42.5 Å². The minimum absolute atomic E-state index is 0.0261. The number of aromatic amines is 2. The van der Waals surface area contributed by atoms with Crippen LogP contribution in [0.25, 0.3) is 11.0 Å². The second kappa shape index (κ2) is 8.66. The Hall–Kier alpha value is -2.94. The van der Waals surface area contributed by atoms with Gasteiger partial charge in [0.1, 0.15) is 18.0 Å². The van der Waals surface area contributed by atoms with Gasteiger partial charge in [0.25, 0.3) is 11.5 Å². The molecule has 0 spiro atoms. The van der Waals surface area contributed by atoms with E-state index in [4.69, 9.17) is 0 Å². The molecule has 3 aromatic heterocycles. The molecule has 0 aromatic carbocycles. The molecule has 31 heavy (non-hydrogen) atoms. The number of aromatic nitrogens is 3. The number of fused-ring (bicyclic) bond motifs is 1. The molecule has 4 rings (SSSR count). The standard InChI is InChI=1S/C22H26N4O4S/c1-12(15-10-23-20-19(15)21(29)25-13(2)24-20)16-8-9-17(31-16)22(30)26(11-18(27)28)14-6-4-3-5-7-14/h8-10,12,14H,3-7,11H2,1-2H3,(H,27,28)(H2,23,24,25,29). The minimum atomic E-state index is -0.995. The van der Waals surface area contributed by atoms with Crippen molar-refractivity contribution in [2.45, 2.75) is 57.9 Å². The Kier molecular flexibility index (Phi) is 5.95. The van der Waals surface area contributed by atoms with Gasteiger partial charge >= 0.3 is 5.97 Å². The number of aryl methyl sites for hydroxylation is 1. The highest BCUT2D eigenvalue weighted by molar-refractivity contribution is 7.14. The fourth-order valence-corrected chi connectivity index (χ4v) is 5.45. The number of H-pyrrole nitrogens is 2. The lowest BCUT2D eigenvalue weighted by molar-refractivity contribution is -0.138. The van der Waals surface area contributed by atoms with E-state index in [1.165, 1.54) is 16.2 Å². The molecule has 3 heterocycles. The van der Waals surface area contributed by atoms with Gasteiger partial charge in [-0.15, -0.1) is 11.3 Å². The predicted octanol–water partition coefficient (Wildman–Crippen LogP) is 3.63. The van der Waals surface area contributed by atoms with Crippen LogP contribution in [0.15, 0.2) is 23.1 Å². The normalized spacial score (nSPS) is 15.8. The second-order valence-corrected chi connectivity index (χ2v) is 9.28. The number of carboxylic acid groups (broad SMARTS) is 1. The smallest absolute Gasteiger partial charge is 0.323 e. The number of rotatable bonds is 6. The first-order valence-corrected chi connectivity index (χ1v) is 11.4. The summed E-state index contributed by atoms with van der Waals surface area (Å²) in [5.41, 5.74) is 1.17. The first kappa shape index (κ1) is 21.3. The molecule has 0 saturated heterocycles. The molecule has 9 heteroatoms. The monoisotopic (exact) mass is 442 g/mol. The fourth-order valence-electron chi connectivity index (χ4n) is 4.42. The number of hydrogen-bond donors (Lipinski definition) is 3. The van der Waals surface area contributed by atoms with Crippen molar-refractivity contribution in [3.8, 4) is 0 Å². The van der Waals surface area contributed by atoms with Crippen LogP contribution >= 0.6 is 11.3 Å². The molecule has 1 fully saturated rings. The minimum Gasteiger partial charge on any atom is -0.480 e. The van der Waals surface area contributed by atoms with E-state index in [1.807, 2.05) is 13.0 Å². The van der Waals surface area contributed by atoms with E-state index in [0.29, 0.717) is 21.7 Å². The van der Waals surface area contributed by atoms with Crippen LogP contribution in [0.5, 0.6) is 0 Å². The molecule has 1 saturated carbocycles. The molecule has 1 aliphatic carbocycles. The number of amides is 1. The van der Waals surface area contributed by atoms with Gasteiger partial charge in [0, 0.05) is 23.0 Å². The third kappa shape index (κ3) is 4.27. The van der Waals surface area contributed by atoms with Crippen molar-refractivity contribution < 1.29 is 14.7 Å². The summed E-state index contributed by atoms with van der Waals surface area (Å²) in [7, 11) is 0. The van der Waals surface area contributed by atoms with Crippen LogP contribution in [0.2, 0.25) is 0 Å². The van der Waals surface area contributed by atoms with Crippen LogP contribution in [-0.4, -0.2) is 49.4 Å². The third-order valence-electron chi connectivity index (χ3n) is 6.00. The summed E-state index contributed by atoms with van der Waals surface area (Å²) in [5, 5.41) is 9.86. The quantitative estimate of drug-likeness (QED) is 0.539. The number of thiophene rings is 1. The Morgan fingerprint density at radius 2 is 2.03 bits per heavy atom. The summed E-state index contributed by atoms with van der Waals surface area (Å²) < 4.78 is 0. The van der Waals surface area contributed by atoms with E-state index in [1.54, 1.807) is 19.2 Å². The Bertz CT molecular complexity index is 1170. The lowest BCUT2D eigenvalue weighted by atomic mass is 9.94. The Labute approximate surface area is 183 Å². The summed E-state index contributed by atoms with van der Waals surface area (Å²) >= 11 is 1.35. The van der Waals surface area contributed by atoms with Gasteiger partial charge in [0.2, 0.25) is 0 Å². The zero-order chi connectivity index (χ0) is 22.1. The number of nitrogens with zero attached hydrogens (tertiary/aromatic N) is 2.